The third kappa shape index (κ3) is 5.05. The van der Waals surface area contributed by atoms with Crippen LogP contribution in [0, 0.1) is 5.82 Å². The quantitative estimate of drug-likeness (QED) is 0.708. The summed E-state index contributed by atoms with van der Waals surface area (Å²) in [6.07, 6.45) is 1.68. The number of hydrogen-bond acceptors (Lipinski definition) is 4. The first-order valence-electron chi connectivity index (χ1n) is 7.88. The van der Waals surface area contributed by atoms with Crippen LogP contribution in [0.25, 0.3) is 6.08 Å². The van der Waals surface area contributed by atoms with Crippen LogP contribution in [0.3, 0.4) is 0 Å². The zero-order valence-electron chi connectivity index (χ0n) is 14.2. The summed E-state index contributed by atoms with van der Waals surface area (Å²) >= 11 is 4.53. The van der Waals surface area contributed by atoms with Crippen LogP contribution in [0.2, 0.25) is 0 Å². The van der Waals surface area contributed by atoms with E-state index in [4.69, 9.17) is 4.74 Å². The van der Waals surface area contributed by atoms with E-state index in [0.29, 0.717) is 20.7 Å². The lowest BCUT2D eigenvalue weighted by Crippen LogP contribution is -2.23. The fourth-order valence-electron chi connectivity index (χ4n) is 2.26. The van der Waals surface area contributed by atoms with Gasteiger partial charge >= 0.3 is 0 Å². The number of benzene rings is 2. The summed E-state index contributed by atoms with van der Waals surface area (Å²) in [6.45, 7) is 1.46. The molecule has 2 aromatic carbocycles. The third-order valence-electron chi connectivity index (χ3n) is 3.50. The molecule has 1 aliphatic rings. The van der Waals surface area contributed by atoms with Crippen LogP contribution in [0.4, 0.5) is 4.39 Å². The van der Waals surface area contributed by atoms with Gasteiger partial charge in [0.2, 0.25) is 5.91 Å². The summed E-state index contributed by atoms with van der Waals surface area (Å²) in [5, 5.41) is 2.76. The van der Waals surface area contributed by atoms with Gasteiger partial charge in [-0.2, -0.15) is 4.99 Å². The first kappa shape index (κ1) is 19.3. The highest BCUT2D eigenvalue weighted by Gasteiger charge is 2.22. The summed E-state index contributed by atoms with van der Waals surface area (Å²) < 4.78 is 20.0. The minimum absolute atomic E-state index is 0.105. The van der Waals surface area contributed by atoms with Crippen molar-refractivity contribution >= 4 is 50.7 Å². The number of nitrogens with one attached hydrogen (secondary N) is 1. The SMILES string of the molecule is CC(=O)NC1=NC(=O)C(=Cc2ccc(OCc3ccccc3F)c(Br)c2)S1. The smallest absolute Gasteiger partial charge is 0.286 e. The van der Waals surface area contributed by atoms with Crippen LogP contribution in [0.5, 0.6) is 5.75 Å². The Hall–Kier alpha value is -2.45. The molecule has 8 heteroatoms. The monoisotopic (exact) mass is 448 g/mol. The zero-order valence-corrected chi connectivity index (χ0v) is 16.6. The number of rotatable bonds is 4. The number of carbonyl (C=O) groups is 2. The minimum Gasteiger partial charge on any atom is -0.488 e. The highest BCUT2D eigenvalue weighted by atomic mass is 79.9. The number of thioether (sulfide) groups is 1. The molecule has 3 rings (SSSR count). The van der Waals surface area contributed by atoms with E-state index in [9.17, 15) is 14.0 Å². The molecule has 0 spiro atoms. The third-order valence-corrected chi connectivity index (χ3v) is 5.02. The molecule has 0 unspecified atom stereocenters. The lowest BCUT2D eigenvalue weighted by molar-refractivity contribution is -0.117. The van der Waals surface area contributed by atoms with Crippen LogP contribution in [0.1, 0.15) is 18.1 Å². The average molecular weight is 449 g/mol. The molecule has 0 aromatic heterocycles. The fraction of sp³-hybridized carbons (Fsp3) is 0.105. The Balaban J connectivity index is 1.69. The van der Waals surface area contributed by atoms with E-state index in [0.717, 1.165) is 17.3 Å². The molecule has 27 heavy (non-hydrogen) atoms. The summed E-state index contributed by atoms with van der Waals surface area (Å²) in [5.74, 6) is -0.447. The second-order valence-electron chi connectivity index (χ2n) is 5.58. The number of amidine groups is 1. The second-order valence-corrected chi connectivity index (χ2v) is 7.47. The molecular weight excluding hydrogens is 435 g/mol. The maximum Gasteiger partial charge on any atom is 0.286 e. The van der Waals surface area contributed by atoms with Crippen molar-refractivity contribution in [3.63, 3.8) is 0 Å². The summed E-state index contributed by atoms with van der Waals surface area (Å²) in [6, 6.07) is 11.7. The maximum atomic E-state index is 13.7. The lowest BCUT2D eigenvalue weighted by Gasteiger charge is -2.09. The van der Waals surface area contributed by atoms with Crippen LogP contribution in [-0.4, -0.2) is 17.0 Å². The highest BCUT2D eigenvalue weighted by Crippen LogP contribution is 2.31. The zero-order chi connectivity index (χ0) is 19.4. The van der Waals surface area contributed by atoms with E-state index in [1.54, 1.807) is 42.5 Å². The van der Waals surface area contributed by atoms with Crippen molar-refractivity contribution in [2.24, 2.45) is 4.99 Å². The second kappa shape index (κ2) is 8.49. The van der Waals surface area contributed by atoms with Crippen molar-refractivity contribution in [2.45, 2.75) is 13.5 Å². The molecule has 138 valence electrons. The molecule has 2 aromatic rings. The van der Waals surface area contributed by atoms with E-state index in [1.807, 2.05) is 0 Å². The van der Waals surface area contributed by atoms with Crippen molar-refractivity contribution < 1.29 is 18.7 Å². The van der Waals surface area contributed by atoms with Crippen molar-refractivity contribution in [1.29, 1.82) is 0 Å². The number of amides is 2. The molecular formula is C19H14BrFN2O3S. The van der Waals surface area contributed by atoms with Gasteiger partial charge in [0.15, 0.2) is 5.17 Å². The van der Waals surface area contributed by atoms with E-state index < -0.39 is 5.91 Å². The first-order valence-corrected chi connectivity index (χ1v) is 9.49. The Labute approximate surface area is 167 Å². The van der Waals surface area contributed by atoms with Gasteiger partial charge in [0, 0.05) is 12.5 Å². The molecule has 0 radical (unpaired) electrons. The molecule has 1 heterocycles. The normalized spacial score (nSPS) is 15.0. The molecule has 1 aliphatic heterocycles. The van der Waals surface area contributed by atoms with E-state index in [1.165, 1.54) is 13.0 Å². The van der Waals surface area contributed by atoms with Gasteiger partial charge in [0.05, 0.1) is 9.38 Å². The molecule has 0 atom stereocenters. The van der Waals surface area contributed by atoms with Crippen LogP contribution >= 0.6 is 27.7 Å². The molecule has 0 fully saturated rings. The standard InChI is InChI=1S/C19H14BrFN2O3S/c1-11(24)22-19-23-18(25)17(27-19)9-12-6-7-16(14(20)8-12)26-10-13-4-2-3-5-15(13)21/h2-9H,10H2,1H3,(H,22,23,24,25). The molecule has 2 amide bonds. The topological polar surface area (TPSA) is 67.8 Å². The molecule has 0 saturated carbocycles. The number of hydrogen-bond donors (Lipinski definition) is 1. The summed E-state index contributed by atoms with van der Waals surface area (Å²) in [5.41, 5.74) is 1.22. The molecule has 0 bridgehead atoms. The van der Waals surface area contributed by atoms with Gasteiger partial charge in [0.25, 0.3) is 5.91 Å². The number of nitrogens with zero attached hydrogens (tertiary/aromatic N) is 1. The van der Waals surface area contributed by atoms with Gasteiger partial charge in [-0.05, 0) is 57.5 Å². The average Bonchev–Trinajstić information content (AvgIpc) is 2.94. The van der Waals surface area contributed by atoms with E-state index in [-0.39, 0.29) is 23.5 Å². The number of halogens is 2. The van der Waals surface area contributed by atoms with Crippen molar-refractivity contribution in [3.8, 4) is 5.75 Å². The van der Waals surface area contributed by atoms with Crippen molar-refractivity contribution in [2.75, 3.05) is 0 Å². The van der Waals surface area contributed by atoms with E-state index >= 15 is 0 Å². The Morgan fingerprint density at radius 1 is 1.33 bits per heavy atom. The van der Waals surface area contributed by atoms with Gasteiger partial charge in [0.1, 0.15) is 18.2 Å². The van der Waals surface area contributed by atoms with Crippen LogP contribution < -0.4 is 10.1 Å². The van der Waals surface area contributed by atoms with Crippen LogP contribution in [-0.2, 0) is 16.2 Å². The fourth-order valence-corrected chi connectivity index (χ4v) is 3.63. The Bertz CT molecular complexity index is 975. The van der Waals surface area contributed by atoms with Gasteiger partial charge in [-0.1, -0.05) is 24.3 Å². The molecule has 1 N–H and O–H groups in total. The summed E-state index contributed by atoms with van der Waals surface area (Å²) in [7, 11) is 0. The van der Waals surface area contributed by atoms with Gasteiger partial charge in [-0.15, -0.1) is 0 Å². The summed E-state index contributed by atoms with van der Waals surface area (Å²) in [4.78, 5) is 27.2. The number of ether oxygens (including phenoxy) is 1. The van der Waals surface area contributed by atoms with Crippen molar-refractivity contribution in [1.82, 2.24) is 5.32 Å². The molecule has 0 aliphatic carbocycles. The number of aliphatic imine (C=N–C) groups is 1. The van der Waals surface area contributed by atoms with Gasteiger partial charge < -0.3 is 10.1 Å². The minimum atomic E-state index is -0.403. The Kier molecular flexibility index (Phi) is 6.08. The largest absolute Gasteiger partial charge is 0.488 e. The predicted octanol–water partition coefficient (Wildman–Crippen LogP) is 4.27. The first-order chi connectivity index (χ1) is 12.9. The Morgan fingerprint density at radius 3 is 2.81 bits per heavy atom. The van der Waals surface area contributed by atoms with Gasteiger partial charge in [-0.3, -0.25) is 9.59 Å². The maximum absolute atomic E-state index is 13.7. The van der Waals surface area contributed by atoms with E-state index in [2.05, 4.69) is 26.2 Å². The molecule has 0 saturated heterocycles. The lowest BCUT2D eigenvalue weighted by atomic mass is 10.2. The predicted molar refractivity (Wildman–Crippen MR) is 107 cm³/mol. The van der Waals surface area contributed by atoms with Crippen LogP contribution in [0.15, 0.2) is 56.8 Å². The number of carbonyl (C=O) groups excluding carboxylic acids is 2. The van der Waals surface area contributed by atoms with Gasteiger partial charge in [-0.25, -0.2) is 4.39 Å². The molecule has 5 nitrogen and oxygen atoms in total. The highest BCUT2D eigenvalue weighted by molar-refractivity contribution is 9.10. The Morgan fingerprint density at radius 2 is 2.11 bits per heavy atom. The van der Waals surface area contributed by atoms with Crippen molar-refractivity contribution in [3.05, 3.63) is 68.8 Å².